The van der Waals surface area contributed by atoms with Crippen LogP contribution in [-0.4, -0.2) is 27.7 Å². The standard InChI is InChI=1S/C14H11N5O5S/c15-10(20)4-7-6-25-14(16-7)19-11(21)8-5-24-13(17-8)18-12(22)9-2-1-3-23-9/h1-3,5-6H,4H2,(H2,15,20)(H,16,19,21)(H,17,18,22). The molecule has 11 heteroatoms. The van der Waals surface area contributed by atoms with Gasteiger partial charge in [-0.1, -0.05) is 0 Å². The quantitative estimate of drug-likeness (QED) is 0.597. The Morgan fingerprint density at radius 3 is 2.72 bits per heavy atom. The molecule has 0 atom stereocenters. The molecular formula is C14H11N5O5S. The summed E-state index contributed by atoms with van der Waals surface area (Å²) in [5, 5.41) is 6.76. The largest absolute Gasteiger partial charge is 0.459 e. The van der Waals surface area contributed by atoms with Crippen molar-refractivity contribution >= 4 is 40.2 Å². The maximum atomic E-state index is 12.1. The average molecular weight is 361 g/mol. The SMILES string of the molecule is NC(=O)Cc1csc(NC(=O)c2coc(NC(=O)c3ccco3)n2)n1. The van der Waals surface area contributed by atoms with Crippen LogP contribution < -0.4 is 16.4 Å². The fourth-order valence-corrected chi connectivity index (χ4v) is 2.49. The van der Waals surface area contributed by atoms with Crippen molar-refractivity contribution in [1.82, 2.24) is 9.97 Å². The average Bonchev–Trinajstić information content (AvgIpc) is 3.27. The highest BCUT2D eigenvalue weighted by molar-refractivity contribution is 7.14. The molecule has 3 aromatic heterocycles. The molecule has 3 heterocycles. The maximum absolute atomic E-state index is 12.1. The number of amides is 3. The molecule has 3 rings (SSSR count). The van der Waals surface area contributed by atoms with Crippen molar-refractivity contribution < 1.29 is 23.2 Å². The first-order valence-electron chi connectivity index (χ1n) is 6.85. The summed E-state index contributed by atoms with van der Waals surface area (Å²) in [7, 11) is 0. The van der Waals surface area contributed by atoms with Crippen LogP contribution in [0.2, 0.25) is 0 Å². The summed E-state index contributed by atoms with van der Waals surface area (Å²) in [6.45, 7) is 0. The zero-order valence-electron chi connectivity index (χ0n) is 12.5. The summed E-state index contributed by atoms with van der Waals surface area (Å²) in [5.74, 6) is -1.58. The van der Waals surface area contributed by atoms with Crippen LogP contribution in [-0.2, 0) is 11.2 Å². The first kappa shape index (κ1) is 16.4. The van der Waals surface area contributed by atoms with Gasteiger partial charge in [0.1, 0.15) is 6.26 Å². The Balaban J connectivity index is 1.61. The van der Waals surface area contributed by atoms with Gasteiger partial charge in [0.2, 0.25) is 5.91 Å². The normalized spacial score (nSPS) is 10.4. The summed E-state index contributed by atoms with van der Waals surface area (Å²) in [6, 6.07) is 2.88. The Morgan fingerprint density at radius 1 is 1.16 bits per heavy atom. The number of oxazole rings is 1. The summed E-state index contributed by atoms with van der Waals surface area (Å²) < 4.78 is 9.96. The van der Waals surface area contributed by atoms with E-state index in [0.717, 1.165) is 17.6 Å². The summed E-state index contributed by atoms with van der Waals surface area (Å²) in [4.78, 5) is 42.6. The smallest absolute Gasteiger partial charge is 0.302 e. The van der Waals surface area contributed by atoms with E-state index in [1.165, 1.54) is 12.3 Å². The number of furan rings is 1. The molecule has 0 aliphatic carbocycles. The highest BCUT2D eigenvalue weighted by atomic mass is 32.1. The lowest BCUT2D eigenvalue weighted by atomic mass is 10.3. The lowest BCUT2D eigenvalue weighted by Gasteiger charge is -1.97. The van der Waals surface area contributed by atoms with E-state index in [1.807, 2.05) is 0 Å². The fourth-order valence-electron chi connectivity index (χ4n) is 1.79. The van der Waals surface area contributed by atoms with Crippen molar-refractivity contribution in [1.29, 1.82) is 0 Å². The number of carbonyl (C=O) groups excluding carboxylic acids is 3. The monoisotopic (exact) mass is 361 g/mol. The van der Waals surface area contributed by atoms with Gasteiger partial charge in [-0.15, -0.1) is 11.3 Å². The molecule has 0 unspecified atom stereocenters. The molecule has 3 aromatic rings. The Kier molecular flexibility index (Phi) is 4.57. The lowest BCUT2D eigenvalue weighted by Crippen LogP contribution is -2.15. The van der Waals surface area contributed by atoms with Gasteiger partial charge in [0, 0.05) is 5.38 Å². The van der Waals surface area contributed by atoms with Crippen LogP contribution in [0.15, 0.2) is 38.9 Å². The van der Waals surface area contributed by atoms with Crippen molar-refractivity contribution in [2.75, 3.05) is 10.6 Å². The summed E-state index contributed by atoms with van der Waals surface area (Å²) >= 11 is 1.14. The number of aromatic nitrogens is 2. The predicted molar refractivity (Wildman–Crippen MR) is 86.1 cm³/mol. The molecule has 0 saturated heterocycles. The van der Waals surface area contributed by atoms with Gasteiger partial charge in [-0.3, -0.25) is 25.0 Å². The second kappa shape index (κ2) is 6.97. The van der Waals surface area contributed by atoms with Crippen molar-refractivity contribution in [3.63, 3.8) is 0 Å². The number of hydrogen-bond donors (Lipinski definition) is 3. The number of nitrogens with two attached hydrogens (primary N) is 1. The Morgan fingerprint density at radius 2 is 2.00 bits per heavy atom. The van der Waals surface area contributed by atoms with Crippen LogP contribution in [0.25, 0.3) is 0 Å². The zero-order chi connectivity index (χ0) is 17.8. The molecule has 10 nitrogen and oxygen atoms in total. The molecule has 25 heavy (non-hydrogen) atoms. The van der Waals surface area contributed by atoms with Crippen LogP contribution in [0.3, 0.4) is 0 Å². The van der Waals surface area contributed by atoms with E-state index in [1.54, 1.807) is 11.4 Å². The molecular weight excluding hydrogens is 350 g/mol. The highest BCUT2D eigenvalue weighted by Crippen LogP contribution is 2.17. The van der Waals surface area contributed by atoms with Crippen molar-refractivity contribution in [2.45, 2.75) is 6.42 Å². The van der Waals surface area contributed by atoms with Crippen LogP contribution in [0.4, 0.5) is 11.1 Å². The maximum Gasteiger partial charge on any atom is 0.302 e. The zero-order valence-corrected chi connectivity index (χ0v) is 13.3. The van der Waals surface area contributed by atoms with E-state index in [-0.39, 0.29) is 29.0 Å². The van der Waals surface area contributed by atoms with Crippen LogP contribution in [0, 0.1) is 0 Å². The van der Waals surface area contributed by atoms with Crippen LogP contribution in [0.5, 0.6) is 0 Å². The predicted octanol–water partition coefficient (Wildman–Crippen LogP) is 1.26. The van der Waals surface area contributed by atoms with Crippen LogP contribution in [0.1, 0.15) is 26.7 Å². The van der Waals surface area contributed by atoms with Gasteiger partial charge in [-0.05, 0) is 12.1 Å². The molecule has 0 aromatic carbocycles. The van der Waals surface area contributed by atoms with Crippen LogP contribution >= 0.6 is 11.3 Å². The third-order valence-corrected chi connectivity index (χ3v) is 3.64. The topological polar surface area (TPSA) is 153 Å². The fraction of sp³-hybridized carbons (Fsp3) is 0.0714. The summed E-state index contributed by atoms with van der Waals surface area (Å²) in [5.41, 5.74) is 5.48. The molecule has 0 spiro atoms. The van der Waals surface area contributed by atoms with Crippen molar-refractivity contribution in [3.8, 4) is 0 Å². The molecule has 0 aliphatic rings. The molecule has 0 radical (unpaired) electrons. The second-order valence-corrected chi connectivity index (χ2v) is 5.57. The highest BCUT2D eigenvalue weighted by Gasteiger charge is 2.17. The van der Waals surface area contributed by atoms with E-state index in [2.05, 4.69) is 20.6 Å². The molecule has 0 bridgehead atoms. The van der Waals surface area contributed by atoms with E-state index in [0.29, 0.717) is 5.69 Å². The number of nitrogens with zero attached hydrogens (tertiary/aromatic N) is 2. The first-order chi connectivity index (χ1) is 12.0. The Labute approximate surface area is 144 Å². The number of rotatable bonds is 6. The molecule has 0 aliphatic heterocycles. The lowest BCUT2D eigenvalue weighted by molar-refractivity contribution is -0.117. The molecule has 0 fully saturated rings. The van der Waals surface area contributed by atoms with Gasteiger partial charge >= 0.3 is 6.01 Å². The minimum atomic E-state index is -0.581. The van der Waals surface area contributed by atoms with Gasteiger partial charge in [-0.2, -0.15) is 4.98 Å². The van der Waals surface area contributed by atoms with E-state index >= 15 is 0 Å². The second-order valence-electron chi connectivity index (χ2n) is 4.71. The van der Waals surface area contributed by atoms with Crippen molar-refractivity contribution in [2.24, 2.45) is 5.73 Å². The number of primary amides is 1. The first-order valence-corrected chi connectivity index (χ1v) is 7.73. The van der Waals surface area contributed by atoms with Crippen molar-refractivity contribution in [3.05, 3.63) is 47.2 Å². The number of hydrogen-bond acceptors (Lipinski definition) is 8. The molecule has 0 saturated carbocycles. The van der Waals surface area contributed by atoms with Gasteiger partial charge < -0.3 is 14.6 Å². The Bertz CT molecular complexity index is 914. The number of carbonyl (C=O) groups is 3. The number of thiazole rings is 1. The molecule has 3 amide bonds. The third kappa shape index (κ3) is 4.09. The van der Waals surface area contributed by atoms with Gasteiger partial charge in [0.25, 0.3) is 11.8 Å². The minimum absolute atomic E-state index is 0.0146. The van der Waals surface area contributed by atoms with E-state index in [4.69, 9.17) is 14.6 Å². The van der Waals surface area contributed by atoms with E-state index in [9.17, 15) is 14.4 Å². The number of anilines is 2. The minimum Gasteiger partial charge on any atom is -0.459 e. The van der Waals surface area contributed by atoms with Gasteiger partial charge in [-0.25, -0.2) is 4.98 Å². The Hall–Kier alpha value is -3.47. The third-order valence-electron chi connectivity index (χ3n) is 2.83. The van der Waals surface area contributed by atoms with Gasteiger partial charge in [0.05, 0.1) is 18.4 Å². The summed E-state index contributed by atoms with van der Waals surface area (Å²) in [6.07, 6.45) is 2.42. The molecule has 128 valence electrons. The van der Waals surface area contributed by atoms with Gasteiger partial charge in [0.15, 0.2) is 16.6 Å². The molecule has 4 N–H and O–H groups in total. The van der Waals surface area contributed by atoms with E-state index < -0.39 is 17.7 Å². The number of nitrogens with one attached hydrogen (secondary N) is 2.